The molecule has 196 valence electrons. The third-order valence-corrected chi connectivity index (χ3v) is 8.80. The summed E-state index contributed by atoms with van der Waals surface area (Å²) in [5, 5.41) is 9.43. The largest absolute Gasteiger partial charge is 0.392 e. The van der Waals surface area contributed by atoms with E-state index in [4.69, 9.17) is 9.47 Å². The van der Waals surface area contributed by atoms with Gasteiger partial charge >= 0.3 is 0 Å². The van der Waals surface area contributed by atoms with Crippen molar-refractivity contribution in [1.82, 2.24) is 0 Å². The molecule has 0 aromatic heterocycles. The van der Waals surface area contributed by atoms with Gasteiger partial charge in [-0.25, -0.2) is 8.42 Å². The highest BCUT2D eigenvalue weighted by Gasteiger charge is 2.32. The second-order valence-electron chi connectivity index (χ2n) is 9.02. The van der Waals surface area contributed by atoms with Gasteiger partial charge in [0.25, 0.3) is 10.0 Å². The fraction of sp³-hybridized carbons (Fsp3) is 0.200. The number of thioether (sulfide) groups is 1. The van der Waals surface area contributed by atoms with Gasteiger partial charge in [0.05, 0.1) is 23.7 Å². The second-order valence-corrected chi connectivity index (χ2v) is 11.8. The number of anilines is 1. The van der Waals surface area contributed by atoms with Crippen LogP contribution in [0, 0.1) is 0 Å². The smallest absolute Gasteiger partial charge is 0.261 e. The zero-order valence-electron chi connectivity index (χ0n) is 20.6. The number of aliphatic hydroxyl groups excluding tert-OH is 1. The monoisotopic (exact) mass is 547 g/mol. The summed E-state index contributed by atoms with van der Waals surface area (Å²) < 4.78 is 41.2. The third kappa shape index (κ3) is 6.64. The Morgan fingerprint density at radius 1 is 0.816 bits per heavy atom. The molecule has 0 bridgehead atoms. The summed E-state index contributed by atoms with van der Waals surface area (Å²) >= 11 is 1.73. The van der Waals surface area contributed by atoms with Crippen molar-refractivity contribution in [2.75, 3.05) is 10.5 Å². The minimum atomic E-state index is -3.73. The summed E-state index contributed by atoms with van der Waals surface area (Å²) in [5.41, 5.74) is 3.01. The van der Waals surface area contributed by atoms with Crippen molar-refractivity contribution in [3.05, 3.63) is 126 Å². The van der Waals surface area contributed by atoms with Gasteiger partial charge in [0.2, 0.25) is 0 Å². The van der Waals surface area contributed by atoms with Crippen LogP contribution < -0.4 is 4.72 Å². The number of ether oxygens (including phenoxy) is 2. The molecule has 4 aromatic carbocycles. The molecule has 0 saturated carbocycles. The van der Waals surface area contributed by atoms with Gasteiger partial charge in [-0.05, 0) is 47.5 Å². The predicted octanol–water partition coefficient (Wildman–Crippen LogP) is 6.32. The predicted molar refractivity (Wildman–Crippen MR) is 149 cm³/mol. The van der Waals surface area contributed by atoms with Crippen LogP contribution in [0.4, 0.5) is 5.69 Å². The molecule has 5 rings (SSSR count). The first-order valence-corrected chi connectivity index (χ1v) is 14.8. The molecular weight excluding hydrogens is 518 g/mol. The molecule has 1 aliphatic rings. The maximum absolute atomic E-state index is 12.9. The van der Waals surface area contributed by atoms with Crippen molar-refractivity contribution in [3.8, 4) is 0 Å². The minimum Gasteiger partial charge on any atom is -0.392 e. The zero-order chi connectivity index (χ0) is 26.4. The molecule has 0 aliphatic carbocycles. The SMILES string of the molecule is O=S(=O)(Nc1cccc([C@@H]2O[C@H](CSc3ccccc3)C[C@H](c3ccc(CO)cc3)O2)c1)c1ccccc1. The molecule has 1 saturated heterocycles. The Hall–Kier alpha value is -3.14. The molecule has 4 aromatic rings. The molecule has 3 atom stereocenters. The van der Waals surface area contributed by atoms with Crippen molar-refractivity contribution >= 4 is 27.5 Å². The first kappa shape index (κ1) is 26.5. The maximum atomic E-state index is 12.9. The average Bonchev–Trinajstić information content (AvgIpc) is 2.97. The fourth-order valence-electron chi connectivity index (χ4n) is 4.29. The zero-order valence-corrected chi connectivity index (χ0v) is 22.3. The number of benzene rings is 4. The van der Waals surface area contributed by atoms with Gasteiger partial charge in [0.15, 0.2) is 6.29 Å². The van der Waals surface area contributed by atoms with Gasteiger partial charge in [-0.2, -0.15) is 0 Å². The van der Waals surface area contributed by atoms with Crippen LogP contribution in [0.5, 0.6) is 0 Å². The number of hydrogen-bond donors (Lipinski definition) is 2. The standard InChI is InChI=1S/C30H29NO5S2/c32-20-22-14-16-23(17-15-22)29-19-26(21-37-27-10-3-1-4-11-27)35-30(36-29)24-8-7-9-25(18-24)31-38(33,34)28-12-5-2-6-13-28/h1-18,26,29-32H,19-21H2/t26-,29+,30+/m0/s1. The lowest BCUT2D eigenvalue weighted by Crippen LogP contribution is -2.31. The van der Waals surface area contributed by atoms with Crippen molar-refractivity contribution in [2.45, 2.75) is 41.3 Å². The van der Waals surface area contributed by atoms with Gasteiger partial charge in [0, 0.05) is 28.3 Å². The number of sulfonamides is 1. The van der Waals surface area contributed by atoms with Crippen molar-refractivity contribution in [2.24, 2.45) is 0 Å². The van der Waals surface area contributed by atoms with Gasteiger partial charge < -0.3 is 14.6 Å². The number of rotatable bonds is 9. The summed E-state index contributed by atoms with van der Waals surface area (Å²) in [6.45, 7) is -0.0143. The molecule has 8 heteroatoms. The summed E-state index contributed by atoms with van der Waals surface area (Å²) in [4.78, 5) is 1.36. The molecule has 0 unspecified atom stereocenters. The van der Waals surface area contributed by atoms with Crippen LogP contribution in [0.1, 0.15) is 35.5 Å². The average molecular weight is 548 g/mol. The molecule has 0 amide bonds. The Morgan fingerprint density at radius 2 is 1.53 bits per heavy atom. The summed E-state index contributed by atoms with van der Waals surface area (Å²) in [7, 11) is -3.73. The molecule has 1 aliphatic heterocycles. The molecule has 2 N–H and O–H groups in total. The van der Waals surface area contributed by atoms with E-state index in [1.807, 2.05) is 48.5 Å². The van der Waals surface area contributed by atoms with E-state index < -0.39 is 16.3 Å². The summed E-state index contributed by atoms with van der Waals surface area (Å²) in [5.74, 6) is 0.745. The highest BCUT2D eigenvalue weighted by atomic mass is 32.2. The van der Waals surface area contributed by atoms with Gasteiger partial charge in [-0.3, -0.25) is 4.72 Å². The lowest BCUT2D eigenvalue weighted by molar-refractivity contribution is -0.245. The number of aliphatic hydroxyl groups is 1. The number of nitrogens with one attached hydrogen (secondary N) is 1. The summed E-state index contributed by atoms with van der Waals surface area (Å²) in [6.07, 6.45) is -0.303. The van der Waals surface area contributed by atoms with Crippen molar-refractivity contribution in [1.29, 1.82) is 0 Å². The minimum absolute atomic E-state index is 0.0143. The first-order chi connectivity index (χ1) is 18.5. The first-order valence-electron chi connectivity index (χ1n) is 12.4. The van der Waals surface area contributed by atoms with Crippen LogP contribution in [0.3, 0.4) is 0 Å². The van der Waals surface area contributed by atoms with Gasteiger partial charge in [-0.1, -0.05) is 72.8 Å². The molecule has 1 fully saturated rings. The van der Waals surface area contributed by atoms with Crippen molar-refractivity contribution in [3.63, 3.8) is 0 Å². The Kier molecular flexibility index (Phi) is 8.46. The molecule has 6 nitrogen and oxygen atoms in total. The van der Waals surface area contributed by atoms with Crippen LogP contribution in [-0.4, -0.2) is 25.4 Å². The van der Waals surface area contributed by atoms with Crippen LogP contribution in [0.25, 0.3) is 0 Å². The lowest BCUT2D eigenvalue weighted by Gasteiger charge is -2.36. The Labute approximate surface area is 227 Å². The molecule has 0 radical (unpaired) electrons. The van der Waals surface area contributed by atoms with Crippen LogP contribution in [0.2, 0.25) is 0 Å². The normalized spacial score (nSPS) is 19.7. The lowest BCUT2D eigenvalue weighted by atomic mass is 10.0. The fourth-order valence-corrected chi connectivity index (χ4v) is 6.30. The number of hydrogen-bond acceptors (Lipinski definition) is 6. The Morgan fingerprint density at radius 3 is 2.24 bits per heavy atom. The van der Waals surface area contributed by atoms with E-state index in [0.29, 0.717) is 12.1 Å². The van der Waals surface area contributed by atoms with Gasteiger partial charge in [0.1, 0.15) is 0 Å². The Balaban J connectivity index is 1.37. The highest BCUT2D eigenvalue weighted by Crippen LogP contribution is 2.40. The molecule has 1 heterocycles. The maximum Gasteiger partial charge on any atom is 0.261 e. The highest BCUT2D eigenvalue weighted by molar-refractivity contribution is 7.99. The van der Waals surface area contributed by atoms with Crippen LogP contribution in [-0.2, 0) is 26.1 Å². The van der Waals surface area contributed by atoms with E-state index >= 15 is 0 Å². The van der Waals surface area contributed by atoms with Crippen LogP contribution >= 0.6 is 11.8 Å². The third-order valence-electron chi connectivity index (χ3n) is 6.26. The quantitative estimate of drug-likeness (QED) is 0.239. The van der Waals surface area contributed by atoms with E-state index in [-0.39, 0.29) is 23.7 Å². The van der Waals surface area contributed by atoms with E-state index in [0.717, 1.165) is 22.4 Å². The molecule has 0 spiro atoms. The van der Waals surface area contributed by atoms with Gasteiger partial charge in [-0.15, -0.1) is 11.8 Å². The van der Waals surface area contributed by atoms with Crippen LogP contribution in [0.15, 0.2) is 119 Å². The Bertz CT molecular complexity index is 1430. The van der Waals surface area contributed by atoms with E-state index in [2.05, 4.69) is 16.9 Å². The van der Waals surface area contributed by atoms with E-state index in [9.17, 15) is 13.5 Å². The topological polar surface area (TPSA) is 84.9 Å². The second kappa shape index (κ2) is 12.1. The molecule has 38 heavy (non-hydrogen) atoms. The van der Waals surface area contributed by atoms with E-state index in [1.54, 1.807) is 60.3 Å². The van der Waals surface area contributed by atoms with E-state index in [1.165, 1.54) is 4.90 Å². The van der Waals surface area contributed by atoms with Crippen molar-refractivity contribution < 1.29 is 23.0 Å². The molecular formula is C30H29NO5S2. The summed E-state index contributed by atoms with van der Waals surface area (Å²) in [6, 6.07) is 33.3.